The molecule has 0 spiro atoms. The minimum absolute atomic E-state index is 0.136. The molecule has 0 aromatic heterocycles. The molecular weight excluding hydrogens is 238 g/mol. The highest BCUT2D eigenvalue weighted by atomic mass is 32.2. The Bertz CT molecular complexity index is 461. The first-order chi connectivity index (χ1) is 8.11. The number of aryl methyl sites for hydroxylation is 1. The highest BCUT2D eigenvalue weighted by Crippen LogP contribution is 2.27. The van der Waals surface area contributed by atoms with Crippen LogP contribution in [0.15, 0.2) is 24.3 Å². The third-order valence-corrected chi connectivity index (χ3v) is 3.74. The largest absolute Gasteiger partial charge is 0.480 e. The van der Waals surface area contributed by atoms with Crippen molar-refractivity contribution in [1.29, 1.82) is 0 Å². The van der Waals surface area contributed by atoms with E-state index < -0.39 is 12.0 Å². The average molecular weight is 251 g/mol. The number of anilines is 1. The number of carboxylic acid groups (broad SMARTS) is 1. The van der Waals surface area contributed by atoms with Gasteiger partial charge in [-0.25, -0.2) is 4.79 Å². The molecule has 17 heavy (non-hydrogen) atoms. The molecular formula is C12H13NO3S. The summed E-state index contributed by atoms with van der Waals surface area (Å²) < 4.78 is 0. The van der Waals surface area contributed by atoms with Crippen molar-refractivity contribution in [1.82, 2.24) is 0 Å². The van der Waals surface area contributed by atoms with Crippen LogP contribution in [0, 0.1) is 6.92 Å². The van der Waals surface area contributed by atoms with Gasteiger partial charge in [0.2, 0.25) is 5.91 Å². The van der Waals surface area contributed by atoms with Crippen LogP contribution in [-0.2, 0) is 9.59 Å². The number of thioether (sulfide) groups is 1. The molecule has 1 amide bonds. The van der Waals surface area contributed by atoms with Crippen molar-refractivity contribution in [2.24, 2.45) is 0 Å². The number of carboxylic acids is 1. The molecule has 1 heterocycles. The van der Waals surface area contributed by atoms with E-state index in [2.05, 4.69) is 0 Å². The van der Waals surface area contributed by atoms with Gasteiger partial charge in [-0.05, 0) is 18.6 Å². The van der Waals surface area contributed by atoms with Gasteiger partial charge < -0.3 is 5.11 Å². The van der Waals surface area contributed by atoms with E-state index in [9.17, 15) is 14.7 Å². The van der Waals surface area contributed by atoms with Crippen LogP contribution in [-0.4, -0.2) is 34.5 Å². The summed E-state index contributed by atoms with van der Waals surface area (Å²) in [5.74, 6) is -0.301. The fourth-order valence-corrected chi connectivity index (χ4v) is 2.84. The van der Waals surface area contributed by atoms with E-state index in [4.69, 9.17) is 0 Å². The lowest BCUT2D eigenvalue weighted by molar-refractivity contribution is -0.139. The first-order valence-corrected chi connectivity index (χ1v) is 6.45. The highest BCUT2D eigenvalue weighted by Gasteiger charge is 2.35. The molecule has 1 aliphatic heterocycles. The van der Waals surface area contributed by atoms with Crippen LogP contribution >= 0.6 is 11.8 Å². The van der Waals surface area contributed by atoms with Crippen molar-refractivity contribution in [2.75, 3.05) is 16.4 Å². The molecule has 1 saturated heterocycles. The highest BCUT2D eigenvalue weighted by molar-refractivity contribution is 8.00. The Balaban J connectivity index is 2.42. The van der Waals surface area contributed by atoms with Gasteiger partial charge in [-0.2, -0.15) is 0 Å². The number of carbonyl (C=O) groups excluding carboxylic acids is 1. The van der Waals surface area contributed by atoms with E-state index in [-0.39, 0.29) is 5.91 Å². The number of amides is 1. The molecule has 1 fully saturated rings. The van der Waals surface area contributed by atoms with E-state index in [1.807, 2.05) is 25.1 Å². The Kier molecular flexibility index (Phi) is 3.38. The first kappa shape index (κ1) is 12.0. The predicted octanol–water partition coefficient (Wildman–Crippen LogP) is 1.53. The number of para-hydroxylation sites is 1. The molecule has 1 aromatic rings. The minimum atomic E-state index is -0.950. The van der Waals surface area contributed by atoms with Crippen LogP contribution in [0.25, 0.3) is 0 Å². The fourth-order valence-electron chi connectivity index (χ4n) is 1.89. The Morgan fingerprint density at radius 2 is 2.18 bits per heavy atom. The lowest BCUT2D eigenvalue weighted by Crippen LogP contribution is -2.51. The number of nitrogens with zero attached hydrogens (tertiary/aromatic N) is 1. The van der Waals surface area contributed by atoms with Crippen molar-refractivity contribution in [3.63, 3.8) is 0 Å². The van der Waals surface area contributed by atoms with E-state index in [0.717, 1.165) is 5.56 Å². The van der Waals surface area contributed by atoms with Gasteiger partial charge in [-0.3, -0.25) is 9.69 Å². The third-order valence-electron chi connectivity index (χ3n) is 2.74. The topological polar surface area (TPSA) is 57.6 Å². The van der Waals surface area contributed by atoms with Gasteiger partial charge in [0.1, 0.15) is 6.04 Å². The zero-order chi connectivity index (χ0) is 12.4. The van der Waals surface area contributed by atoms with Crippen LogP contribution in [0.3, 0.4) is 0 Å². The molecule has 0 saturated carbocycles. The smallest absolute Gasteiger partial charge is 0.327 e. The van der Waals surface area contributed by atoms with Crippen LogP contribution in [0.5, 0.6) is 0 Å². The maximum absolute atomic E-state index is 11.9. The quantitative estimate of drug-likeness (QED) is 0.866. The summed E-state index contributed by atoms with van der Waals surface area (Å²) in [4.78, 5) is 24.5. The molecule has 1 aromatic carbocycles. The molecule has 4 nitrogen and oxygen atoms in total. The van der Waals surface area contributed by atoms with Crippen molar-refractivity contribution < 1.29 is 14.7 Å². The number of hydrogen-bond donors (Lipinski definition) is 1. The Labute approximate surface area is 104 Å². The average Bonchev–Trinajstić information content (AvgIpc) is 2.30. The number of benzene rings is 1. The summed E-state index contributed by atoms with van der Waals surface area (Å²) in [6.45, 7) is 1.88. The number of carbonyl (C=O) groups is 2. The number of rotatable bonds is 2. The second-order valence-electron chi connectivity index (χ2n) is 3.92. The van der Waals surface area contributed by atoms with E-state index in [1.165, 1.54) is 16.7 Å². The number of hydrogen-bond acceptors (Lipinski definition) is 3. The molecule has 5 heteroatoms. The van der Waals surface area contributed by atoms with Gasteiger partial charge in [-0.15, -0.1) is 11.8 Å². The van der Waals surface area contributed by atoms with Gasteiger partial charge in [0, 0.05) is 11.4 Å². The van der Waals surface area contributed by atoms with E-state index >= 15 is 0 Å². The van der Waals surface area contributed by atoms with E-state index in [0.29, 0.717) is 17.2 Å². The van der Waals surface area contributed by atoms with Crippen molar-refractivity contribution >= 4 is 29.3 Å². The van der Waals surface area contributed by atoms with Crippen LogP contribution in [0.2, 0.25) is 0 Å². The fraction of sp³-hybridized carbons (Fsp3) is 0.333. The van der Waals surface area contributed by atoms with Gasteiger partial charge in [-0.1, -0.05) is 18.2 Å². The standard InChI is InChI=1S/C12H13NO3S/c1-8-4-2-3-5-9(8)13-10(12(15)16)6-17-7-11(13)14/h2-5,10H,6-7H2,1H3,(H,15,16). The molecule has 0 radical (unpaired) electrons. The minimum Gasteiger partial charge on any atom is -0.480 e. The van der Waals surface area contributed by atoms with Crippen LogP contribution < -0.4 is 4.90 Å². The number of aliphatic carboxylic acids is 1. The predicted molar refractivity (Wildman–Crippen MR) is 67.4 cm³/mol. The molecule has 90 valence electrons. The first-order valence-electron chi connectivity index (χ1n) is 5.29. The summed E-state index contributed by atoms with van der Waals surface area (Å²) >= 11 is 1.37. The molecule has 1 unspecified atom stereocenters. The molecule has 2 rings (SSSR count). The summed E-state index contributed by atoms with van der Waals surface area (Å²) in [7, 11) is 0. The van der Waals surface area contributed by atoms with Gasteiger partial charge in [0.15, 0.2) is 0 Å². The molecule has 0 bridgehead atoms. The second kappa shape index (κ2) is 4.79. The van der Waals surface area contributed by atoms with Crippen molar-refractivity contribution in [3.05, 3.63) is 29.8 Å². The van der Waals surface area contributed by atoms with Gasteiger partial charge in [0.05, 0.1) is 5.75 Å². The van der Waals surface area contributed by atoms with Crippen molar-refractivity contribution in [3.8, 4) is 0 Å². The van der Waals surface area contributed by atoms with Crippen molar-refractivity contribution in [2.45, 2.75) is 13.0 Å². The summed E-state index contributed by atoms with van der Waals surface area (Å²) in [5, 5.41) is 9.17. The van der Waals surface area contributed by atoms with Gasteiger partial charge in [0.25, 0.3) is 0 Å². The summed E-state index contributed by atoms with van der Waals surface area (Å²) in [6.07, 6.45) is 0. The van der Waals surface area contributed by atoms with Gasteiger partial charge >= 0.3 is 5.97 Å². The molecule has 0 aliphatic carbocycles. The Morgan fingerprint density at radius 3 is 2.82 bits per heavy atom. The molecule has 1 aliphatic rings. The Morgan fingerprint density at radius 1 is 1.47 bits per heavy atom. The second-order valence-corrected chi connectivity index (χ2v) is 4.95. The maximum atomic E-state index is 11.9. The zero-order valence-corrected chi connectivity index (χ0v) is 10.2. The van der Waals surface area contributed by atoms with Crippen LogP contribution in [0.1, 0.15) is 5.56 Å². The SMILES string of the molecule is Cc1ccccc1N1C(=O)CSCC1C(=O)O. The summed E-state index contributed by atoms with van der Waals surface area (Å²) in [6, 6.07) is 6.60. The third kappa shape index (κ3) is 2.29. The molecule has 1 atom stereocenters. The Hall–Kier alpha value is -1.49. The lowest BCUT2D eigenvalue weighted by Gasteiger charge is -2.33. The summed E-state index contributed by atoms with van der Waals surface area (Å²) in [5.41, 5.74) is 1.62. The molecule has 1 N–H and O–H groups in total. The monoisotopic (exact) mass is 251 g/mol. The lowest BCUT2D eigenvalue weighted by atomic mass is 10.1. The van der Waals surface area contributed by atoms with Crippen LogP contribution in [0.4, 0.5) is 5.69 Å². The zero-order valence-electron chi connectivity index (χ0n) is 9.42. The maximum Gasteiger partial charge on any atom is 0.327 e. The normalized spacial score (nSPS) is 20.4. The van der Waals surface area contributed by atoms with E-state index in [1.54, 1.807) is 6.07 Å².